The first-order valence-electron chi connectivity index (χ1n) is 3.95. The monoisotopic (exact) mass is 200 g/mol. The van der Waals surface area contributed by atoms with Crippen LogP contribution in [0.1, 0.15) is 23.7 Å². The van der Waals surface area contributed by atoms with Crippen LogP contribution in [0, 0.1) is 0 Å². The molecule has 0 aromatic carbocycles. The van der Waals surface area contributed by atoms with Crippen LogP contribution in [0.4, 0.5) is 10.8 Å². The van der Waals surface area contributed by atoms with Crippen LogP contribution < -0.4 is 16.8 Å². The van der Waals surface area contributed by atoms with Crippen LogP contribution in [0.25, 0.3) is 0 Å². The number of aromatic nitrogens is 1. The van der Waals surface area contributed by atoms with Gasteiger partial charge in [-0.25, -0.2) is 0 Å². The van der Waals surface area contributed by atoms with Crippen molar-refractivity contribution in [3.63, 3.8) is 0 Å². The van der Waals surface area contributed by atoms with Crippen LogP contribution in [0.3, 0.4) is 0 Å². The van der Waals surface area contributed by atoms with Gasteiger partial charge in [0.05, 0.1) is 0 Å². The number of anilines is 2. The number of carbonyl (C=O) groups is 1. The first-order valence-corrected chi connectivity index (χ1v) is 4.73. The molecule has 0 spiro atoms. The molecule has 0 unspecified atom stereocenters. The van der Waals surface area contributed by atoms with Crippen LogP contribution in [-0.2, 0) is 0 Å². The molecule has 0 aliphatic carbocycles. The van der Waals surface area contributed by atoms with Crippen molar-refractivity contribution in [2.75, 3.05) is 17.6 Å². The Morgan fingerprint density at radius 1 is 1.69 bits per heavy atom. The number of hydrogen-bond acceptors (Lipinski definition) is 5. The predicted octanol–water partition coefficient (Wildman–Crippen LogP) is 0.646. The van der Waals surface area contributed by atoms with E-state index in [1.165, 1.54) is 0 Å². The van der Waals surface area contributed by atoms with Crippen molar-refractivity contribution in [2.24, 2.45) is 5.73 Å². The SMILES string of the molecule is CCCNc1snc(N)c1C(N)=O. The first-order chi connectivity index (χ1) is 6.16. The molecule has 0 fully saturated rings. The molecule has 1 heterocycles. The summed E-state index contributed by atoms with van der Waals surface area (Å²) in [6.45, 7) is 2.81. The predicted molar refractivity (Wildman–Crippen MR) is 53.8 cm³/mol. The second-order valence-electron chi connectivity index (χ2n) is 2.56. The van der Waals surface area contributed by atoms with E-state index < -0.39 is 5.91 Å². The molecule has 0 bridgehead atoms. The normalized spacial score (nSPS) is 9.92. The lowest BCUT2D eigenvalue weighted by molar-refractivity contribution is 0.100. The van der Waals surface area contributed by atoms with Gasteiger partial charge in [-0.15, -0.1) is 0 Å². The molecule has 1 aromatic heterocycles. The Morgan fingerprint density at radius 2 is 2.38 bits per heavy atom. The standard InChI is InChI=1S/C7H12N4OS/c1-2-3-10-7-4(6(9)12)5(8)11-13-7/h10H,2-3H2,1H3,(H2,8,11)(H2,9,12). The average Bonchev–Trinajstić information content (AvgIpc) is 2.43. The Hall–Kier alpha value is -1.30. The number of primary amides is 1. The summed E-state index contributed by atoms with van der Waals surface area (Å²) in [7, 11) is 0. The highest BCUT2D eigenvalue weighted by molar-refractivity contribution is 7.11. The van der Waals surface area contributed by atoms with E-state index in [9.17, 15) is 4.79 Å². The molecule has 6 heteroatoms. The lowest BCUT2D eigenvalue weighted by atomic mass is 10.3. The molecule has 0 aliphatic rings. The van der Waals surface area contributed by atoms with Crippen molar-refractivity contribution in [2.45, 2.75) is 13.3 Å². The molecule has 0 atom stereocenters. The third-order valence-corrected chi connectivity index (χ3v) is 2.32. The molecule has 1 aromatic rings. The van der Waals surface area contributed by atoms with Crippen molar-refractivity contribution in [3.8, 4) is 0 Å². The summed E-state index contributed by atoms with van der Waals surface area (Å²) in [4.78, 5) is 10.9. The highest BCUT2D eigenvalue weighted by atomic mass is 32.1. The summed E-state index contributed by atoms with van der Waals surface area (Å²) in [5.74, 6) is -0.332. The van der Waals surface area contributed by atoms with E-state index in [4.69, 9.17) is 11.5 Å². The lowest BCUT2D eigenvalue weighted by Gasteiger charge is -2.01. The number of carbonyl (C=O) groups excluding carboxylic acids is 1. The largest absolute Gasteiger partial charge is 0.382 e. The number of hydrogen-bond donors (Lipinski definition) is 3. The molecule has 0 aliphatic heterocycles. The summed E-state index contributed by atoms with van der Waals surface area (Å²) in [5.41, 5.74) is 10.9. The average molecular weight is 200 g/mol. The van der Waals surface area contributed by atoms with E-state index in [-0.39, 0.29) is 5.82 Å². The maximum Gasteiger partial charge on any atom is 0.255 e. The Bertz CT molecular complexity index is 309. The van der Waals surface area contributed by atoms with E-state index in [2.05, 4.69) is 9.69 Å². The van der Waals surface area contributed by atoms with Gasteiger partial charge in [-0.3, -0.25) is 4.79 Å². The van der Waals surface area contributed by atoms with Crippen molar-refractivity contribution >= 4 is 28.3 Å². The molecule has 0 saturated heterocycles. The van der Waals surface area contributed by atoms with Crippen LogP contribution in [0.15, 0.2) is 0 Å². The van der Waals surface area contributed by atoms with E-state index >= 15 is 0 Å². The summed E-state index contributed by atoms with van der Waals surface area (Å²) >= 11 is 1.16. The Balaban J connectivity index is 2.87. The van der Waals surface area contributed by atoms with E-state index in [1.807, 2.05) is 6.92 Å². The third kappa shape index (κ3) is 2.09. The lowest BCUT2D eigenvalue weighted by Crippen LogP contribution is -2.14. The maximum atomic E-state index is 10.9. The van der Waals surface area contributed by atoms with E-state index in [0.29, 0.717) is 10.6 Å². The minimum Gasteiger partial charge on any atom is -0.382 e. The van der Waals surface area contributed by atoms with Gasteiger partial charge < -0.3 is 16.8 Å². The zero-order valence-electron chi connectivity index (χ0n) is 7.33. The molecule has 5 N–H and O–H groups in total. The zero-order chi connectivity index (χ0) is 9.84. The summed E-state index contributed by atoms with van der Waals surface area (Å²) < 4.78 is 3.85. The number of amides is 1. The molecule has 13 heavy (non-hydrogen) atoms. The quantitative estimate of drug-likeness (QED) is 0.665. The fraction of sp³-hybridized carbons (Fsp3) is 0.429. The van der Waals surface area contributed by atoms with Gasteiger partial charge in [-0.05, 0) is 18.0 Å². The zero-order valence-corrected chi connectivity index (χ0v) is 8.15. The maximum absolute atomic E-state index is 10.9. The molecule has 0 saturated carbocycles. The third-order valence-electron chi connectivity index (χ3n) is 1.50. The number of nitrogens with two attached hydrogens (primary N) is 2. The van der Waals surface area contributed by atoms with Crippen LogP contribution in [-0.4, -0.2) is 16.8 Å². The molecule has 1 rings (SSSR count). The van der Waals surface area contributed by atoms with Crippen molar-refractivity contribution in [1.82, 2.24) is 4.37 Å². The fourth-order valence-corrected chi connectivity index (χ4v) is 1.64. The van der Waals surface area contributed by atoms with E-state index in [0.717, 1.165) is 24.5 Å². The first kappa shape index (κ1) is 9.79. The van der Waals surface area contributed by atoms with Crippen molar-refractivity contribution in [1.29, 1.82) is 0 Å². The van der Waals surface area contributed by atoms with Crippen LogP contribution in [0.2, 0.25) is 0 Å². The molecular weight excluding hydrogens is 188 g/mol. The van der Waals surface area contributed by atoms with Gasteiger partial charge in [-0.2, -0.15) is 4.37 Å². The summed E-state index contributed by atoms with van der Waals surface area (Å²) in [6.07, 6.45) is 0.968. The van der Waals surface area contributed by atoms with Gasteiger partial charge in [0, 0.05) is 6.54 Å². The summed E-state index contributed by atoms with van der Waals surface area (Å²) in [6, 6.07) is 0. The Labute approximate surface area is 80.3 Å². The topological polar surface area (TPSA) is 94.0 Å². The molecule has 0 radical (unpaired) electrons. The van der Waals surface area contributed by atoms with Crippen molar-refractivity contribution < 1.29 is 4.79 Å². The van der Waals surface area contributed by atoms with Gasteiger partial charge in [0.2, 0.25) is 0 Å². The second kappa shape index (κ2) is 4.08. The van der Waals surface area contributed by atoms with Gasteiger partial charge >= 0.3 is 0 Å². The van der Waals surface area contributed by atoms with Gasteiger partial charge in [-0.1, -0.05) is 6.92 Å². The highest BCUT2D eigenvalue weighted by Gasteiger charge is 2.15. The Morgan fingerprint density at radius 3 is 2.92 bits per heavy atom. The van der Waals surface area contributed by atoms with Gasteiger partial charge in [0.1, 0.15) is 10.6 Å². The van der Waals surface area contributed by atoms with E-state index in [1.54, 1.807) is 0 Å². The molecule has 5 nitrogen and oxygen atoms in total. The molecule has 1 amide bonds. The van der Waals surface area contributed by atoms with Gasteiger partial charge in [0.15, 0.2) is 5.82 Å². The van der Waals surface area contributed by atoms with Gasteiger partial charge in [0.25, 0.3) is 5.91 Å². The molecular formula is C7H12N4OS. The van der Waals surface area contributed by atoms with Crippen LogP contribution in [0.5, 0.6) is 0 Å². The smallest absolute Gasteiger partial charge is 0.255 e. The van der Waals surface area contributed by atoms with Crippen molar-refractivity contribution in [3.05, 3.63) is 5.56 Å². The summed E-state index contributed by atoms with van der Waals surface area (Å²) in [5, 5.41) is 3.70. The number of nitrogens with one attached hydrogen (secondary N) is 1. The minimum absolute atomic E-state index is 0.205. The second-order valence-corrected chi connectivity index (χ2v) is 3.34. The molecule has 72 valence electrons. The fourth-order valence-electron chi connectivity index (χ4n) is 0.900. The Kier molecular flexibility index (Phi) is 3.07. The highest BCUT2D eigenvalue weighted by Crippen LogP contribution is 2.25. The minimum atomic E-state index is -0.537. The number of rotatable bonds is 4. The number of nitrogens with zero attached hydrogens (tertiary/aromatic N) is 1. The van der Waals surface area contributed by atoms with Crippen LogP contribution >= 0.6 is 11.5 Å². The number of nitrogen functional groups attached to an aromatic ring is 1.